The number of hydrogen-bond donors (Lipinski definition) is 1. The summed E-state index contributed by atoms with van der Waals surface area (Å²) in [5, 5.41) is 9.10. The number of hydrogen-bond acceptors (Lipinski definition) is 3. The van der Waals surface area contributed by atoms with Gasteiger partial charge in [-0.2, -0.15) is 0 Å². The first kappa shape index (κ1) is 16.3. The first-order valence-electron chi connectivity index (χ1n) is 8.47. The first-order chi connectivity index (χ1) is 10.6. The number of anilines is 1. The predicted molar refractivity (Wildman–Crippen MR) is 95.7 cm³/mol. The number of β-amino-alcohol motifs (C(OH)–C–C–N with tert-alkyl or cyclic N) is 1. The van der Waals surface area contributed by atoms with Gasteiger partial charge in [0.15, 0.2) is 0 Å². The Bertz CT molecular complexity index is 528. The van der Waals surface area contributed by atoms with Crippen LogP contribution in [0.3, 0.4) is 0 Å². The Labute approximate surface area is 142 Å². The molecule has 1 unspecified atom stereocenters. The Morgan fingerprint density at radius 3 is 2.68 bits per heavy atom. The summed E-state index contributed by atoms with van der Waals surface area (Å²) >= 11 is 3.64. The van der Waals surface area contributed by atoms with E-state index in [9.17, 15) is 0 Å². The second-order valence-corrected chi connectivity index (χ2v) is 7.92. The highest BCUT2D eigenvalue weighted by Crippen LogP contribution is 2.45. The van der Waals surface area contributed by atoms with E-state index in [1.165, 1.54) is 35.0 Å². The lowest BCUT2D eigenvalue weighted by atomic mass is 9.82. The second kappa shape index (κ2) is 6.50. The Balaban J connectivity index is 1.80. The van der Waals surface area contributed by atoms with E-state index in [0.717, 1.165) is 26.2 Å². The molecule has 2 heterocycles. The molecule has 2 aliphatic heterocycles. The number of fused-ring (bicyclic) bond motifs is 1. The topological polar surface area (TPSA) is 26.7 Å². The van der Waals surface area contributed by atoms with Crippen molar-refractivity contribution in [1.29, 1.82) is 0 Å². The maximum atomic E-state index is 9.10. The third-order valence-corrected chi connectivity index (χ3v) is 6.13. The molecule has 1 fully saturated rings. The fourth-order valence-corrected chi connectivity index (χ4v) is 4.37. The summed E-state index contributed by atoms with van der Waals surface area (Å²) < 4.78 is 1.19. The largest absolute Gasteiger partial charge is 0.395 e. The highest BCUT2D eigenvalue weighted by Gasteiger charge is 2.40. The standard InChI is InChI=1S/C18H27BrN2O/c1-3-18(2)13-21(17-5-4-14(19)12-16(17)18)15-6-8-20(9-7-15)10-11-22/h4-5,12,15,22H,3,6-11,13H2,1-2H3. The minimum Gasteiger partial charge on any atom is -0.395 e. The summed E-state index contributed by atoms with van der Waals surface area (Å²) in [7, 11) is 0. The second-order valence-electron chi connectivity index (χ2n) is 7.00. The van der Waals surface area contributed by atoms with Gasteiger partial charge in [0.2, 0.25) is 0 Å². The fraction of sp³-hybridized carbons (Fsp3) is 0.667. The van der Waals surface area contributed by atoms with Crippen molar-refractivity contribution in [3.05, 3.63) is 28.2 Å². The van der Waals surface area contributed by atoms with Crippen molar-refractivity contribution in [2.24, 2.45) is 0 Å². The van der Waals surface area contributed by atoms with Gasteiger partial charge in [0.1, 0.15) is 0 Å². The number of rotatable bonds is 4. The van der Waals surface area contributed by atoms with Crippen LogP contribution >= 0.6 is 15.9 Å². The average molecular weight is 367 g/mol. The molecule has 0 aromatic heterocycles. The van der Waals surface area contributed by atoms with Crippen molar-refractivity contribution in [3.63, 3.8) is 0 Å². The van der Waals surface area contributed by atoms with E-state index in [0.29, 0.717) is 6.04 Å². The van der Waals surface area contributed by atoms with Gasteiger partial charge < -0.3 is 14.9 Å². The lowest BCUT2D eigenvalue weighted by Crippen LogP contribution is -2.46. The van der Waals surface area contributed by atoms with Crippen LogP contribution in [0.15, 0.2) is 22.7 Å². The van der Waals surface area contributed by atoms with Crippen molar-refractivity contribution in [2.75, 3.05) is 37.7 Å². The number of piperidine rings is 1. The number of aliphatic hydroxyl groups excluding tert-OH is 1. The molecule has 0 spiro atoms. The minimum absolute atomic E-state index is 0.265. The normalized spacial score (nSPS) is 26.5. The predicted octanol–water partition coefficient (Wildman–Crippen LogP) is 3.39. The van der Waals surface area contributed by atoms with Crippen LogP contribution in [0.25, 0.3) is 0 Å². The molecule has 0 aliphatic carbocycles. The van der Waals surface area contributed by atoms with Crippen molar-refractivity contribution in [1.82, 2.24) is 4.90 Å². The van der Waals surface area contributed by atoms with Gasteiger partial charge in [-0.1, -0.05) is 29.8 Å². The summed E-state index contributed by atoms with van der Waals surface area (Å²) in [5.74, 6) is 0. The molecule has 3 nitrogen and oxygen atoms in total. The first-order valence-corrected chi connectivity index (χ1v) is 9.26. The smallest absolute Gasteiger partial charge is 0.0558 e. The number of aliphatic hydroxyl groups is 1. The molecular weight excluding hydrogens is 340 g/mol. The molecule has 0 amide bonds. The monoisotopic (exact) mass is 366 g/mol. The third kappa shape index (κ3) is 2.93. The highest BCUT2D eigenvalue weighted by molar-refractivity contribution is 9.10. The van der Waals surface area contributed by atoms with Gasteiger partial charge in [0.25, 0.3) is 0 Å². The van der Waals surface area contributed by atoms with E-state index in [-0.39, 0.29) is 12.0 Å². The summed E-state index contributed by atoms with van der Waals surface area (Å²) in [6, 6.07) is 7.43. The summed E-state index contributed by atoms with van der Waals surface area (Å²) in [5.41, 5.74) is 3.21. The highest BCUT2D eigenvalue weighted by atomic mass is 79.9. The number of benzene rings is 1. The van der Waals surface area contributed by atoms with Crippen LogP contribution in [0.1, 0.15) is 38.7 Å². The van der Waals surface area contributed by atoms with Gasteiger partial charge in [0, 0.05) is 47.8 Å². The lowest BCUT2D eigenvalue weighted by Gasteiger charge is -2.38. The quantitative estimate of drug-likeness (QED) is 0.884. The summed E-state index contributed by atoms with van der Waals surface area (Å²) in [6.45, 7) is 9.16. The SMILES string of the molecule is CCC1(C)CN(C2CCN(CCO)CC2)c2ccc(Br)cc21. The number of nitrogens with zero attached hydrogens (tertiary/aromatic N) is 2. The molecule has 22 heavy (non-hydrogen) atoms. The van der Waals surface area contributed by atoms with Crippen LogP contribution in [0.4, 0.5) is 5.69 Å². The lowest BCUT2D eigenvalue weighted by molar-refractivity contribution is 0.162. The number of likely N-dealkylation sites (tertiary alicyclic amines) is 1. The average Bonchev–Trinajstić information content (AvgIpc) is 2.82. The zero-order chi connectivity index (χ0) is 15.7. The summed E-state index contributed by atoms with van der Waals surface area (Å²) in [4.78, 5) is 5.04. The molecule has 2 aliphatic rings. The van der Waals surface area contributed by atoms with Crippen molar-refractivity contribution in [3.8, 4) is 0 Å². The maximum Gasteiger partial charge on any atom is 0.0558 e. The van der Waals surface area contributed by atoms with Gasteiger partial charge >= 0.3 is 0 Å². The molecule has 0 bridgehead atoms. The van der Waals surface area contributed by atoms with E-state index in [2.05, 4.69) is 57.8 Å². The Hall–Kier alpha value is -0.580. The van der Waals surface area contributed by atoms with Gasteiger partial charge in [-0.15, -0.1) is 0 Å². The minimum atomic E-state index is 0.265. The molecular formula is C18H27BrN2O. The molecule has 0 saturated carbocycles. The van der Waals surface area contributed by atoms with Gasteiger partial charge in [-0.25, -0.2) is 0 Å². The molecule has 1 N–H and O–H groups in total. The van der Waals surface area contributed by atoms with E-state index >= 15 is 0 Å². The van der Waals surface area contributed by atoms with E-state index in [1.54, 1.807) is 0 Å². The van der Waals surface area contributed by atoms with Crippen LogP contribution in [0, 0.1) is 0 Å². The van der Waals surface area contributed by atoms with Crippen LogP contribution < -0.4 is 4.90 Å². The van der Waals surface area contributed by atoms with Crippen LogP contribution in [-0.2, 0) is 5.41 Å². The van der Waals surface area contributed by atoms with E-state index in [1.807, 2.05) is 0 Å². The number of halogens is 1. The maximum absolute atomic E-state index is 9.10. The van der Waals surface area contributed by atoms with E-state index in [4.69, 9.17) is 5.11 Å². The van der Waals surface area contributed by atoms with Gasteiger partial charge in [0.05, 0.1) is 6.61 Å². The van der Waals surface area contributed by atoms with Gasteiger partial charge in [-0.3, -0.25) is 0 Å². The molecule has 0 radical (unpaired) electrons. The molecule has 4 heteroatoms. The zero-order valence-electron chi connectivity index (χ0n) is 13.7. The molecule has 1 aromatic carbocycles. The summed E-state index contributed by atoms with van der Waals surface area (Å²) in [6.07, 6.45) is 3.58. The van der Waals surface area contributed by atoms with Crippen molar-refractivity contribution in [2.45, 2.75) is 44.6 Å². The zero-order valence-corrected chi connectivity index (χ0v) is 15.3. The van der Waals surface area contributed by atoms with Gasteiger partial charge in [-0.05, 0) is 43.0 Å². The van der Waals surface area contributed by atoms with Crippen LogP contribution in [0.5, 0.6) is 0 Å². The third-order valence-electron chi connectivity index (χ3n) is 5.63. The molecule has 122 valence electrons. The van der Waals surface area contributed by atoms with Crippen molar-refractivity contribution >= 4 is 21.6 Å². The molecule has 1 aromatic rings. The fourth-order valence-electron chi connectivity index (χ4n) is 4.01. The van der Waals surface area contributed by atoms with Crippen LogP contribution in [-0.4, -0.2) is 48.8 Å². The molecule has 1 atom stereocenters. The van der Waals surface area contributed by atoms with E-state index < -0.39 is 0 Å². The van der Waals surface area contributed by atoms with Crippen molar-refractivity contribution < 1.29 is 5.11 Å². The molecule has 3 rings (SSSR count). The Morgan fingerprint density at radius 1 is 1.32 bits per heavy atom. The molecule has 1 saturated heterocycles. The van der Waals surface area contributed by atoms with Crippen LogP contribution in [0.2, 0.25) is 0 Å². The Morgan fingerprint density at radius 2 is 2.05 bits per heavy atom. The Kier molecular flexibility index (Phi) is 4.81.